The van der Waals surface area contributed by atoms with Crippen molar-refractivity contribution < 1.29 is 4.39 Å². The lowest BCUT2D eigenvalue weighted by molar-refractivity contribution is 0.385. The Balaban J connectivity index is 2.05. The topological polar surface area (TPSA) is 34.9 Å². The highest BCUT2D eigenvalue weighted by molar-refractivity contribution is 5.31. The van der Waals surface area contributed by atoms with Crippen LogP contribution in [-0.2, 0) is 0 Å². The van der Waals surface area contributed by atoms with Crippen molar-refractivity contribution in [3.05, 3.63) is 94.4 Å². The predicted octanol–water partition coefficient (Wildman–Crippen LogP) is 3.09. The second-order valence-electron chi connectivity index (χ2n) is 4.54. The van der Waals surface area contributed by atoms with Crippen molar-refractivity contribution in [3.8, 4) is 5.69 Å². The minimum atomic E-state index is -1.56. The molecular formula is C17H12FN2O. The summed E-state index contributed by atoms with van der Waals surface area (Å²) in [4.78, 5) is 11.9. The van der Waals surface area contributed by atoms with Crippen LogP contribution >= 0.6 is 0 Å². The van der Waals surface area contributed by atoms with Crippen LogP contribution in [0.15, 0.2) is 71.7 Å². The van der Waals surface area contributed by atoms with Gasteiger partial charge < -0.3 is 0 Å². The minimum absolute atomic E-state index is 0.124. The SMILES string of the molecule is O=c1ccn(-c2ccccc2)nc1C(F)c1c[c]ccc1. The highest BCUT2D eigenvalue weighted by atomic mass is 19.1. The summed E-state index contributed by atoms with van der Waals surface area (Å²) in [6.07, 6.45) is -0.0310. The van der Waals surface area contributed by atoms with Gasteiger partial charge >= 0.3 is 0 Å². The normalized spacial score (nSPS) is 12.0. The number of alkyl halides is 1. The zero-order valence-electron chi connectivity index (χ0n) is 11.1. The molecule has 3 nitrogen and oxygen atoms in total. The van der Waals surface area contributed by atoms with E-state index >= 15 is 0 Å². The van der Waals surface area contributed by atoms with E-state index in [1.165, 1.54) is 23.0 Å². The molecular weight excluding hydrogens is 267 g/mol. The average molecular weight is 279 g/mol. The van der Waals surface area contributed by atoms with Gasteiger partial charge in [-0.2, -0.15) is 5.10 Å². The molecule has 0 bridgehead atoms. The second-order valence-corrected chi connectivity index (χ2v) is 4.54. The Morgan fingerprint density at radius 1 is 1.10 bits per heavy atom. The lowest BCUT2D eigenvalue weighted by Crippen LogP contribution is -2.18. The Morgan fingerprint density at radius 2 is 1.90 bits per heavy atom. The molecule has 0 aliphatic heterocycles. The van der Waals surface area contributed by atoms with E-state index in [4.69, 9.17) is 0 Å². The molecule has 21 heavy (non-hydrogen) atoms. The molecule has 2 aromatic carbocycles. The summed E-state index contributed by atoms with van der Waals surface area (Å²) >= 11 is 0. The molecule has 1 atom stereocenters. The number of aromatic nitrogens is 2. The van der Waals surface area contributed by atoms with Crippen molar-refractivity contribution in [2.24, 2.45) is 0 Å². The van der Waals surface area contributed by atoms with E-state index in [1.54, 1.807) is 18.2 Å². The fourth-order valence-electron chi connectivity index (χ4n) is 2.05. The molecule has 0 amide bonds. The molecule has 3 aromatic rings. The van der Waals surface area contributed by atoms with Crippen molar-refractivity contribution in [1.29, 1.82) is 0 Å². The molecule has 0 spiro atoms. The van der Waals surface area contributed by atoms with Gasteiger partial charge in [-0.1, -0.05) is 36.4 Å². The highest BCUT2D eigenvalue weighted by Crippen LogP contribution is 2.21. The van der Waals surface area contributed by atoms with Gasteiger partial charge in [-0.15, -0.1) is 0 Å². The van der Waals surface area contributed by atoms with Crippen LogP contribution in [0.4, 0.5) is 4.39 Å². The maximum absolute atomic E-state index is 14.5. The predicted molar refractivity (Wildman–Crippen MR) is 78.1 cm³/mol. The van der Waals surface area contributed by atoms with E-state index in [1.807, 2.05) is 30.3 Å². The van der Waals surface area contributed by atoms with Crippen molar-refractivity contribution in [2.75, 3.05) is 0 Å². The third kappa shape index (κ3) is 2.74. The monoisotopic (exact) mass is 279 g/mol. The van der Waals surface area contributed by atoms with E-state index in [-0.39, 0.29) is 5.69 Å². The van der Waals surface area contributed by atoms with E-state index in [2.05, 4.69) is 11.2 Å². The number of hydrogen-bond donors (Lipinski definition) is 0. The van der Waals surface area contributed by atoms with Gasteiger partial charge in [0.25, 0.3) is 0 Å². The van der Waals surface area contributed by atoms with E-state index < -0.39 is 11.6 Å². The third-order valence-electron chi connectivity index (χ3n) is 3.12. The quantitative estimate of drug-likeness (QED) is 0.738. The molecule has 1 radical (unpaired) electrons. The van der Waals surface area contributed by atoms with E-state index in [9.17, 15) is 9.18 Å². The summed E-state index contributed by atoms with van der Waals surface area (Å²) in [6, 6.07) is 19.9. The maximum atomic E-state index is 14.5. The van der Waals surface area contributed by atoms with Crippen molar-refractivity contribution in [3.63, 3.8) is 0 Å². The molecule has 0 aliphatic rings. The van der Waals surface area contributed by atoms with Gasteiger partial charge in [-0.05, 0) is 29.8 Å². The van der Waals surface area contributed by atoms with Crippen LogP contribution in [-0.4, -0.2) is 9.78 Å². The standard InChI is InChI=1S/C17H12FN2O/c18-16(13-7-3-1-4-8-13)17-15(21)11-12-20(19-17)14-9-5-2-6-10-14/h1-3,5-12,16H. The molecule has 0 saturated heterocycles. The summed E-state index contributed by atoms with van der Waals surface area (Å²) in [5.41, 5.74) is 0.595. The van der Waals surface area contributed by atoms with Gasteiger partial charge in [-0.3, -0.25) is 4.79 Å². The number of para-hydroxylation sites is 1. The van der Waals surface area contributed by atoms with Crippen molar-refractivity contribution in [2.45, 2.75) is 6.17 Å². The summed E-state index contributed by atoms with van der Waals surface area (Å²) in [7, 11) is 0. The lowest BCUT2D eigenvalue weighted by Gasteiger charge is -2.10. The smallest absolute Gasteiger partial charge is 0.206 e. The first-order valence-electron chi connectivity index (χ1n) is 6.51. The first-order chi connectivity index (χ1) is 10.3. The number of nitrogens with zero attached hydrogens (tertiary/aromatic N) is 2. The van der Waals surface area contributed by atoms with Crippen LogP contribution in [0, 0.1) is 6.07 Å². The molecule has 0 N–H and O–H groups in total. The number of halogens is 1. The van der Waals surface area contributed by atoms with Crippen LogP contribution in [0.5, 0.6) is 0 Å². The Morgan fingerprint density at radius 3 is 2.62 bits per heavy atom. The zero-order valence-corrected chi connectivity index (χ0v) is 11.1. The molecule has 0 saturated carbocycles. The number of benzene rings is 2. The number of hydrogen-bond acceptors (Lipinski definition) is 2. The minimum Gasteiger partial charge on any atom is -0.288 e. The fraction of sp³-hybridized carbons (Fsp3) is 0.0588. The van der Waals surface area contributed by atoms with Crippen LogP contribution in [0.3, 0.4) is 0 Å². The largest absolute Gasteiger partial charge is 0.288 e. The van der Waals surface area contributed by atoms with Gasteiger partial charge in [0.05, 0.1) is 5.69 Å². The van der Waals surface area contributed by atoms with Crippen LogP contribution in [0.1, 0.15) is 17.4 Å². The van der Waals surface area contributed by atoms with Crippen LogP contribution in [0.25, 0.3) is 5.69 Å². The van der Waals surface area contributed by atoms with Crippen molar-refractivity contribution >= 4 is 0 Å². The Labute approximate surface area is 121 Å². The zero-order chi connectivity index (χ0) is 14.7. The van der Waals surface area contributed by atoms with E-state index in [0.717, 1.165) is 5.69 Å². The highest BCUT2D eigenvalue weighted by Gasteiger charge is 2.18. The van der Waals surface area contributed by atoms with Gasteiger partial charge in [0, 0.05) is 12.3 Å². The fourth-order valence-corrected chi connectivity index (χ4v) is 2.05. The second kappa shape index (κ2) is 5.71. The summed E-state index contributed by atoms with van der Waals surface area (Å²) in [5.74, 6) is 0. The first-order valence-corrected chi connectivity index (χ1v) is 6.51. The van der Waals surface area contributed by atoms with Gasteiger partial charge in [0.1, 0.15) is 5.69 Å². The summed E-state index contributed by atoms with van der Waals surface area (Å²) < 4.78 is 16.0. The molecule has 4 heteroatoms. The van der Waals surface area contributed by atoms with Crippen molar-refractivity contribution in [1.82, 2.24) is 9.78 Å². The molecule has 0 aliphatic carbocycles. The molecule has 0 fully saturated rings. The molecule has 1 heterocycles. The first kappa shape index (κ1) is 13.2. The third-order valence-corrected chi connectivity index (χ3v) is 3.12. The van der Waals surface area contributed by atoms with E-state index in [0.29, 0.717) is 5.56 Å². The molecule has 3 rings (SSSR count). The maximum Gasteiger partial charge on any atom is 0.206 e. The van der Waals surface area contributed by atoms with Gasteiger partial charge in [0.15, 0.2) is 6.17 Å². The average Bonchev–Trinajstić information content (AvgIpc) is 2.56. The lowest BCUT2D eigenvalue weighted by atomic mass is 10.1. The molecule has 103 valence electrons. The Hall–Kier alpha value is -2.75. The van der Waals surface area contributed by atoms with Gasteiger partial charge in [0.2, 0.25) is 5.43 Å². The van der Waals surface area contributed by atoms with Gasteiger partial charge in [-0.25, -0.2) is 9.07 Å². The molecule has 1 unspecified atom stereocenters. The molecule has 1 aromatic heterocycles. The summed E-state index contributed by atoms with van der Waals surface area (Å²) in [6.45, 7) is 0. The Bertz CT molecular complexity index is 785. The van der Waals surface area contributed by atoms with Crippen LogP contribution < -0.4 is 5.43 Å². The Kier molecular flexibility index (Phi) is 3.60. The number of rotatable bonds is 3. The summed E-state index contributed by atoms with van der Waals surface area (Å²) in [5, 5.41) is 4.13. The van der Waals surface area contributed by atoms with Crippen LogP contribution in [0.2, 0.25) is 0 Å².